The van der Waals surface area contributed by atoms with Crippen molar-refractivity contribution in [2.45, 2.75) is 45.3 Å². The molecule has 28 heavy (non-hydrogen) atoms. The Morgan fingerprint density at radius 1 is 1.11 bits per heavy atom. The lowest BCUT2D eigenvalue weighted by atomic mass is 9.99. The van der Waals surface area contributed by atoms with Crippen LogP contribution in [0.25, 0.3) is 0 Å². The molecule has 0 aromatic heterocycles. The minimum Gasteiger partial charge on any atom is -0.462 e. The third-order valence-corrected chi connectivity index (χ3v) is 4.52. The highest BCUT2D eigenvalue weighted by atomic mass is 35.5. The van der Waals surface area contributed by atoms with E-state index in [1.54, 1.807) is 0 Å². The number of nitrogens with two attached hydrogens (primary N) is 1. The van der Waals surface area contributed by atoms with Crippen molar-refractivity contribution >= 4 is 18.1 Å². The molecule has 4 nitrogen and oxygen atoms in total. The van der Waals surface area contributed by atoms with E-state index >= 15 is 0 Å². The Hall–Kier alpha value is -1.88. The molecule has 1 aliphatic rings. The Kier molecular flexibility index (Phi) is 10.8. The number of likely N-dealkylation sites (tertiary alicyclic amines) is 1. The molecule has 0 aliphatic carbocycles. The Bertz CT molecular complexity index is 669. The molecule has 1 unspecified atom stereocenters. The smallest absolute Gasteiger partial charge is 0.293 e. The van der Waals surface area contributed by atoms with E-state index in [9.17, 15) is 4.79 Å². The lowest BCUT2D eigenvalue weighted by Crippen LogP contribution is -2.19. The largest absolute Gasteiger partial charge is 0.462 e. The minimum atomic E-state index is -0.318. The highest BCUT2D eigenvalue weighted by Crippen LogP contribution is 2.28. The molecule has 154 valence electrons. The van der Waals surface area contributed by atoms with Crippen LogP contribution in [0.1, 0.15) is 44.2 Å². The molecule has 2 aromatic carbocycles. The first kappa shape index (κ1) is 24.2. The third kappa shape index (κ3) is 9.36. The van der Waals surface area contributed by atoms with Gasteiger partial charge in [0, 0.05) is 18.1 Å². The Morgan fingerprint density at radius 3 is 2.21 bits per heavy atom. The van der Waals surface area contributed by atoms with Gasteiger partial charge in [0.05, 0.1) is 0 Å². The van der Waals surface area contributed by atoms with Gasteiger partial charge in [-0.1, -0.05) is 54.1 Å². The van der Waals surface area contributed by atoms with Gasteiger partial charge >= 0.3 is 0 Å². The standard InChI is InChI=1S/C17H18ClN.C5H10O2.CH5N/c18-17-8-6-15(7-9-17)16-10-11-19(13-16)12-14-4-2-1-3-5-14;1-5(2,3)7-4-6;1-2/h1-9,16H,10-13H2;4H,1-3H3;2H2,1H3. The van der Waals surface area contributed by atoms with Crippen LogP contribution in [-0.2, 0) is 16.1 Å². The predicted octanol–water partition coefficient (Wildman–Crippen LogP) is 4.86. The van der Waals surface area contributed by atoms with Crippen LogP contribution < -0.4 is 5.73 Å². The fourth-order valence-electron chi connectivity index (χ4n) is 2.97. The predicted molar refractivity (Wildman–Crippen MR) is 118 cm³/mol. The van der Waals surface area contributed by atoms with Crippen molar-refractivity contribution in [3.8, 4) is 0 Å². The molecule has 1 heterocycles. The van der Waals surface area contributed by atoms with Gasteiger partial charge < -0.3 is 10.5 Å². The highest BCUT2D eigenvalue weighted by Gasteiger charge is 2.23. The lowest BCUT2D eigenvalue weighted by molar-refractivity contribution is -0.138. The average molecular weight is 405 g/mol. The molecule has 0 bridgehead atoms. The van der Waals surface area contributed by atoms with E-state index < -0.39 is 0 Å². The molecule has 1 aliphatic heterocycles. The number of hydrogen-bond donors (Lipinski definition) is 1. The van der Waals surface area contributed by atoms with Crippen LogP contribution in [0.5, 0.6) is 0 Å². The van der Waals surface area contributed by atoms with Gasteiger partial charge in [0.25, 0.3) is 6.47 Å². The number of hydrogen-bond acceptors (Lipinski definition) is 4. The van der Waals surface area contributed by atoms with E-state index in [0.717, 1.165) is 18.1 Å². The van der Waals surface area contributed by atoms with E-state index in [1.165, 1.54) is 31.1 Å². The molecule has 0 amide bonds. The summed E-state index contributed by atoms with van der Waals surface area (Å²) in [4.78, 5) is 12.1. The monoisotopic (exact) mass is 404 g/mol. The minimum absolute atomic E-state index is 0.318. The Morgan fingerprint density at radius 2 is 1.71 bits per heavy atom. The molecular weight excluding hydrogens is 372 g/mol. The van der Waals surface area contributed by atoms with E-state index in [-0.39, 0.29) is 5.60 Å². The summed E-state index contributed by atoms with van der Waals surface area (Å²) in [6.45, 7) is 9.31. The maximum absolute atomic E-state index is 9.60. The van der Waals surface area contributed by atoms with Crippen LogP contribution >= 0.6 is 11.6 Å². The van der Waals surface area contributed by atoms with Crippen LogP contribution in [0.2, 0.25) is 5.02 Å². The van der Waals surface area contributed by atoms with Gasteiger partial charge in [0.1, 0.15) is 5.60 Å². The van der Waals surface area contributed by atoms with Crippen molar-refractivity contribution in [3.63, 3.8) is 0 Å². The zero-order valence-electron chi connectivity index (χ0n) is 17.4. The summed E-state index contributed by atoms with van der Waals surface area (Å²) in [6, 6.07) is 19.0. The molecular formula is C23H33ClN2O2. The topological polar surface area (TPSA) is 55.6 Å². The summed E-state index contributed by atoms with van der Waals surface area (Å²) in [5.74, 6) is 0.654. The fourth-order valence-corrected chi connectivity index (χ4v) is 3.10. The van der Waals surface area contributed by atoms with Gasteiger partial charge in [-0.15, -0.1) is 0 Å². The molecule has 1 atom stereocenters. The SMILES string of the molecule is CC(C)(C)OC=O.CN.Clc1ccc(C2CCN(Cc3ccccc3)C2)cc1. The van der Waals surface area contributed by atoms with Gasteiger partial charge in [-0.3, -0.25) is 9.69 Å². The van der Waals surface area contributed by atoms with Crippen LogP contribution in [-0.4, -0.2) is 37.1 Å². The molecule has 5 heteroatoms. The Balaban J connectivity index is 0.000000372. The molecule has 0 spiro atoms. The van der Waals surface area contributed by atoms with Crippen molar-refractivity contribution < 1.29 is 9.53 Å². The third-order valence-electron chi connectivity index (χ3n) is 4.26. The zero-order chi connectivity index (χ0) is 21.0. The number of benzene rings is 2. The second-order valence-corrected chi connectivity index (χ2v) is 8.02. The summed E-state index contributed by atoms with van der Waals surface area (Å²) in [7, 11) is 1.50. The number of carbonyl (C=O) groups excluding carboxylic acids is 1. The van der Waals surface area contributed by atoms with Crippen LogP contribution in [0, 0.1) is 0 Å². The van der Waals surface area contributed by atoms with Gasteiger partial charge in [0.2, 0.25) is 0 Å². The molecule has 1 fully saturated rings. The summed E-state index contributed by atoms with van der Waals surface area (Å²) >= 11 is 5.94. The molecule has 0 saturated carbocycles. The average Bonchev–Trinajstić information content (AvgIpc) is 3.13. The van der Waals surface area contributed by atoms with Crippen LogP contribution in [0.3, 0.4) is 0 Å². The molecule has 2 aromatic rings. The summed E-state index contributed by atoms with van der Waals surface area (Å²) in [6.07, 6.45) is 1.24. The molecule has 3 rings (SSSR count). The maximum atomic E-state index is 9.60. The number of nitrogens with zero attached hydrogens (tertiary/aromatic N) is 1. The second kappa shape index (κ2) is 12.6. The number of carbonyl (C=O) groups is 1. The van der Waals surface area contributed by atoms with Gasteiger partial charge in [-0.2, -0.15) is 0 Å². The van der Waals surface area contributed by atoms with Gasteiger partial charge in [-0.05, 0) is 70.0 Å². The quantitative estimate of drug-likeness (QED) is 0.739. The fraction of sp³-hybridized carbons (Fsp3) is 0.435. The van der Waals surface area contributed by atoms with Gasteiger partial charge in [0.15, 0.2) is 0 Å². The normalized spacial score (nSPS) is 16.3. The van der Waals surface area contributed by atoms with Crippen molar-refractivity contribution in [1.29, 1.82) is 0 Å². The number of rotatable bonds is 4. The van der Waals surface area contributed by atoms with Gasteiger partial charge in [-0.25, -0.2) is 0 Å². The Labute approximate surface area is 174 Å². The van der Waals surface area contributed by atoms with Crippen LogP contribution in [0.4, 0.5) is 0 Å². The second-order valence-electron chi connectivity index (χ2n) is 7.58. The van der Waals surface area contributed by atoms with E-state index in [2.05, 4.69) is 57.8 Å². The van der Waals surface area contributed by atoms with E-state index in [0.29, 0.717) is 12.4 Å². The first-order chi connectivity index (χ1) is 13.4. The van der Waals surface area contributed by atoms with E-state index in [4.69, 9.17) is 11.6 Å². The van der Waals surface area contributed by atoms with Crippen molar-refractivity contribution in [2.24, 2.45) is 5.73 Å². The first-order valence-corrected chi connectivity index (χ1v) is 9.96. The number of ether oxygens (including phenoxy) is 1. The van der Waals surface area contributed by atoms with Crippen LogP contribution in [0.15, 0.2) is 54.6 Å². The van der Waals surface area contributed by atoms with E-state index in [1.807, 2.05) is 32.9 Å². The van der Waals surface area contributed by atoms with Crippen molar-refractivity contribution in [2.75, 3.05) is 20.1 Å². The number of halogens is 1. The van der Waals surface area contributed by atoms with Crippen molar-refractivity contribution in [3.05, 3.63) is 70.7 Å². The molecule has 1 saturated heterocycles. The first-order valence-electron chi connectivity index (χ1n) is 9.58. The zero-order valence-corrected chi connectivity index (χ0v) is 18.2. The summed E-state index contributed by atoms with van der Waals surface area (Å²) in [5.41, 5.74) is 7.00. The lowest BCUT2D eigenvalue weighted by Gasteiger charge is -2.16. The highest BCUT2D eigenvalue weighted by molar-refractivity contribution is 6.30. The maximum Gasteiger partial charge on any atom is 0.293 e. The summed E-state index contributed by atoms with van der Waals surface area (Å²) in [5, 5.41) is 0.822. The summed E-state index contributed by atoms with van der Waals surface area (Å²) < 4.78 is 4.55. The molecule has 2 N–H and O–H groups in total. The molecule has 0 radical (unpaired) electrons. The van der Waals surface area contributed by atoms with Crippen molar-refractivity contribution in [1.82, 2.24) is 4.90 Å².